The molecule has 3 rings (SSSR count). The van der Waals surface area contributed by atoms with Crippen LogP contribution < -0.4 is 15.4 Å². The van der Waals surface area contributed by atoms with Crippen molar-refractivity contribution in [2.45, 2.75) is 26.7 Å². The zero-order chi connectivity index (χ0) is 20.4. The number of allylic oxidation sites excluding steroid dienone is 1. The summed E-state index contributed by atoms with van der Waals surface area (Å²) in [6.45, 7) is 7.51. The molecular formula is C21H22N4O3. The Morgan fingerprint density at radius 2 is 1.96 bits per heavy atom. The van der Waals surface area contributed by atoms with E-state index in [4.69, 9.17) is 10.5 Å². The lowest BCUT2D eigenvalue weighted by Gasteiger charge is -2.29. The van der Waals surface area contributed by atoms with Crippen LogP contribution in [0.3, 0.4) is 0 Å². The Hall–Kier alpha value is -3.53. The summed E-state index contributed by atoms with van der Waals surface area (Å²) >= 11 is 0. The fraction of sp³-hybridized carbons (Fsp3) is 0.286. The summed E-state index contributed by atoms with van der Waals surface area (Å²) in [5, 5.41) is 21.0. The number of ether oxygens (including phenoxy) is 1. The van der Waals surface area contributed by atoms with E-state index in [1.807, 2.05) is 18.2 Å². The van der Waals surface area contributed by atoms with Crippen LogP contribution in [0.4, 0.5) is 11.4 Å². The first-order valence-corrected chi connectivity index (χ1v) is 9.12. The number of nitrogens with zero attached hydrogens (tertiary/aromatic N) is 3. The molecule has 1 aliphatic heterocycles. The van der Waals surface area contributed by atoms with Gasteiger partial charge in [0.1, 0.15) is 17.4 Å². The largest absolute Gasteiger partial charge is 0.440 e. The molecule has 0 fully saturated rings. The highest BCUT2D eigenvalue weighted by atomic mass is 16.6. The molecule has 0 aromatic heterocycles. The highest BCUT2D eigenvalue weighted by Crippen LogP contribution is 2.44. The number of hydrogen-bond donors (Lipinski definition) is 1. The Morgan fingerprint density at radius 3 is 2.57 bits per heavy atom. The van der Waals surface area contributed by atoms with E-state index in [-0.39, 0.29) is 17.1 Å². The van der Waals surface area contributed by atoms with Gasteiger partial charge in [-0.25, -0.2) is 0 Å². The maximum Gasteiger partial charge on any atom is 0.272 e. The van der Waals surface area contributed by atoms with Crippen molar-refractivity contribution in [2.75, 3.05) is 18.0 Å². The minimum absolute atomic E-state index is 0.0150. The number of nitrogens with two attached hydrogens (primary N) is 1. The third-order valence-electron chi connectivity index (χ3n) is 5.09. The molecule has 0 saturated carbocycles. The second kappa shape index (κ2) is 7.61. The molecule has 2 aromatic rings. The van der Waals surface area contributed by atoms with Crippen molar-refractivity contribution in [3.63, 3.8) is 0 Å². The van der Waals surface area contributed by atoms with E-state index in [1.54, 1.807) is 19.1 Å². The van der Waals surface area contributed by atoms with Crippen molar-refractivity contribution < 1.29 is 9.66 Å². The second-order valence-corrected chi connectivity index (χ2v) is 6.62. The second-order valence-electron chi connectivity index (χ2n) is 6.62. The van der Waals surface area contributed by atoms with Crippen LogP contribution in [0.2, 0.25) is 0 Å². The standard InChI is InChI=1S/C21H22N4O3/c1-4-24(5-2)15-8-9-16-19(11-15)28-21(23)17(12-22)20(16)14-7-6-13(3)18(10-14)25(26)27/h6-11,20H,4-5,23H2,1-3H3. The van der Waals surface area contributed by atoms with Gasteiger partial charge >= 0.3 is 0 Å². The molecule has 0 amide bonds. The number of anilines is 1. The van der Waals surface area contributed by atoms with Gasteiger partial charge in [0.15, 0.2) is 0 Å². The zero-order valence-electron chi connectivity index (χ0n) is 16.1. The van der Waals surface area contributed by atoms with Gasteiger partial charge in [-0.1, -0.05) is 18.2 Å². The van der Waals surface area contributed by atoms with Crippen molar-refractivity contribution in [2.24, 2.45) is 5.73 Å². The predicted molar refractivity (Wildman–Crippen MR) is 107 cm³/mol. The van der Waals surface area contributed by atoms with Crippen LogP contribution in [0, 0.1) is 28.4 Å². The molecule has 1 aliphatic rings. The van der Waals surface area contributed by atoms with E-state index < -0.39 is 10.8 Å². The van der Waals surface area contributed by atoms with Crippen LogP contribution in [0.25, 0.3) is 0 Å². The molecule has 2 N–H and O–H groups in total. The minimum Gasteiger partial charge on any atom is -0.440 e. The number of benzene rings is 2. The first kappa shape index (κ1) is 19.2. The third kappa shape index (κ3) is 3.25. The highest BCUT2D eigenvalue weighted by Gasteiger charge is 2.32. The minimum atomic E-state index is -0.515. The van der Waals surface area contributed by atoms with Crippen LogP contribution in [0.5, 0.6) is 5.75 Å². The Bertz CT molecular complexity index is 1000. The number of fused-ring (bicyclic) bond motifs is 1. The Morgan fingerprint density at radius 1 is 1.25 bits per heavy atom. The summed E-state index contributed by atoms with van der Waals surface area (Å²) < 4.78 is 5.74. The lowest BCUT2D eigenvalue weighted by atomic mass is 9.83. The van der Waals surface area contributed by atoms with Gasteiger partial charge in [-0.15, -0.1) is 0 Å². The van der Waals surface area contributed by atoms with E-state index in [0.717, 1.165) is 24.3 Å². The van der Waals surface area contributed by atoms with E-state index >= 15 is 0 Å². The smallest absolute Gasteiger partial charge is 0.272 e. The summed E-state index contributed by atoms with van der Waals surface area (Å²) in [6.07, 6.45) is 0. The zero-order valence-corrected chi connectivity index (χ0v) is 16.1. The SMILES string of the molecule is CCN(CC)c1ccc2c(c1)OC(N)=C(C#N)C2c1ccc(C)c([N+](=O)[O-])c1. The van der Waals surface area contributed by atoms with Crippen molar-refractivity contribution in [3.05, 3.63) is 74.7 Å². The van der Waals surface area contributed by atoms with Crippen LogP contribution >= 0.6 is 0 Å². The molecule has 7 nitrogen and oxygen atoms in total. The third-order valence-corrected chi connectivity index (χ3v) is 5.09. The molecule has 1 atom stereocenters. The predicted octanol–water partition coefficient (Wildman–Crippen LogP) is 3.97. The number of hydrogen-bond acceptors (Lipinski definition) is 6. The van der Waals surface area contributed by atoms with Gasteiger partial charge in [-0.05, 0) is 32.4 Å². The number of nitriles is 1. The first-order chi connectivity index (χ1) is 13.4. The summed E-state index contributed by atoms with van der Waals surface area (Å²) in [6, 6.07) is 12.9. The van der Waals surface area contributed by atoms with E-state index in [1.165, 1.54) is 6.07 Å². The van der Waals surface area contributed by atoms with Gasteiger partial charge in [-0.2, -0.15) is 5.26 Å². The molecule has 28 heavy (non-hydrogen) atoms. The maximum atomic E-state index is 11.4. The van der Waals surface area contributed by atoms with Crippen LogP contribution in [-0.2, 0) is 0 Å². The number of rotatable bonds is 5. The molecule has 0 spiro atoms. The summed E-state index contributed by atoms with van der Waals surface area (Å²) in [5.74, 6) is 0.0767. The van der Waals surface area contributed by atoms with E-state index in [2.05, 4.69) is 24.8 Å². The average Bonchev–Trinajstić information content (AvgIpc) is 2.68. The molecule has 1 unspecified atom stereocenters. The van der Waals surface area contributed by atoms with E-state index in [0.29, 0.717) is 16.9 Å². The van der Waals surface area contributed by atoms with Gasteiger partial charge in [0, 0.05) is 42.0 Å². The molecule has 0 saturated heterocycles. The Labute approximate surface area is 163 Å². The quantitative estimate of drug-likeness (QED) is 0.623. The van der Waals surface area contributed by atoms with Gasteiger partial charge in [-0.3, -0.25) is 10.1 Å². The molecule has 0 bridgehead atoms. The summed E-state index contributed by atoms with van der Waals surface area (Å²) in [4.78, 5) is 13.1. The highest BCUT2D eigenvalue weighted by molar-refractivity contribution is 5.62. The molecule has 144 valence electrons. The number of nitro benzene ring substituents is 1. The summed E-state index contributed by atoms with van der Waals surface area (Å²) in [7, 11) is 0. The van der Waals surface area contributed by atoms with Crippen molar-refractivity contribution >= 4 is 11.4 Å². The van der Waals surface area contributed by atoms with Gasteiger partial charge in [0.05, 0.1) is 10.8 Å². The number of aryl methyl sites for hydroxylation is 1. The molecule has 0 aliphatic carbocycles. The van der Waals surface area contributed by atoms with Crippen molar-refractivity contribution in [1.82, 2.24) is 0 Å². The average molecular weight is 378 g/mol. The van der Waals surface area contributed by atoms with Gasteiger partial charge < -0.3 is 15.4 Å². The van der Waals surface area contributed by atoms with Crippen LogP contribution in [0.1, 0.15) is 36.5 Å². The fourth-order valence-electron chi connectivity index (χ4n) is 3.58. The Balaban J connectivity index is 2.18. The normalized spacial score (nSPS) is 15.4. The van der Waals surface area contributed by atoms with E-state index in [9.17, 15) is 15.4 Å². The molecule has 7 heteroatoms. The Kier molecular flexibility index (Phi) is 5.23. The summed E-state index contributed by atoms with van der Waals surface area (Å²) in [5.41, 5.74) is 9.26. The number of nitro groups is 1. The molecule has 2 aromatic carbocycles. The lowest BCUT2D eigenvalue weighted by molar-refractivity contribution is -0.385. The topological polar surface area (TPSA) is 105 Å². The molecule has 0 radical (unpaired) electrons. The monoisotopic (exact) mass is 378 g/mol. The lowest BCUT2D eigenvalue weighted by Crippen LogP contribution is -2.24. The van der Waals surface area contributed by atoms with Crippen LogP contribution in [-0.4, -0.2) is 18.0 Å². The fourth-order valence-corrected chi connectivity index (χ4v) is 3.58. The first-order valence-electron chi connectivity index (χ1n) is 9.12. The maximum absolute atomic E-state index is 11.4. The van der Waals surface area contributed by atoms with Crippen molar-refractivity contribution in [3.8, 4) is 11.8 Å². The van der Waals surface area contributed by atoms with Gasteiger partial charge in [0.2, 0.25) is 5.88 Å². The molecule has 1 heterocycles. The van der Waals surface area contributed by atoms with Gasteiger partial charge in [0.25, 0.3) is 5.69 Å². The van der Waals surface area contributed by atoms with Crippen LogP contribution in [0.15, 0.2) is 47.9 Å². The van der Waals surface area contributed by atoms with Crippen molar-refractivity contribution in [1.29, 1.82) is 5.26 Å². The molecular weight excluding hydrogens is 356 g/mol.